The first-order valence-electron chi connectivity index (χ1n) is 5.90. The highest BCUT2D eigenvalue weighted by Crippen LogP contribution is 2.01. The topological polar surface area (TPSA) is 65.7 Å². The number of aliphatic hydroxyl groups is 1. The fraction of sp³-hybridized carbons (Fsp3) is 0.917. The average Bonchev–Trinajstić information content (AvgIpc) is 2.26. The lowest BCUT2D eigenvalue weighted by molar-refractivity contribution is -0.0407. The van der Waals surface area contributed by atoms with E-state index in [4.69, 9.17) is 14.7 Å². The molecule has 0 bridgehead atoms. The molecule has 0 amide bonds. The monoisotopic (exact) mass is 244 g/mol. The van der Waals surface area contributed by atoms with Gasteiger partial charge in [0.25, 0.3) is 0 Å². The normalized spacial score (nSPS) is 14.9. The molecular weight excluding hydrogens is 220 g/mol. The lowest BCUT2D eigenvalue weighted by Crippen LogP contribution is -2.40. The fourth-order valence-corrected chi connectivity index (χ4v) is 1.43. The summed E-state index contributed by atoms with van der Waals surface area (Å²) in [4.78, 5) is 1.91. The van der Waals surface area contributed by atoms with E-state index in [0.29, 0.717) is 19.7 Å². The summed E-state index contributed by atoms with van der Waals surface area (Å²) in [6.07, 6.45) is -0.608. The number of methoxy groups -OCH3 is 1. The van der Waals surface area contributed by atoms with Gasteiger partial charge in [-0.25, -0.2) is 0 Å². The molecule has 0 aliphatic rings. The molecule has 0 aromatic heterocycles. The number of hydrogen-bond donors (Lipinski definition) is 1. The van der Waals surface area contributed by atoms with Crippen molar-refractivity contribution in [3.63, 3.8) is 0 Å². The Morgan fingerprint density at radius 2 is 1.94 bits per heavy atom. The van der Waals surface area contributed by atoms with Gasteiger partial charge in [-0.3, -0.25) is 4.90 Å². The Hall–Kier alpha value is -0.670. The predicted octanol–water partition coefficient (Wildman–Crippen LogP) is 0.633. The van der Waals surface area contributed by atoms with E-state index in [0.717, 1.165) is 0 Å². The molecule has 0 aromatic rings. The number of hydrogen-bond acceptors (Lipinski definition) is 5. The molecule has 5 heteroatoms. The summed E-state index contributed by atoms with van der Waals surface area (Å²) < 4.78 is 10.4. The van der Waals surface area contributed by atoms with Gasteiger partial charge in [0.15, 0.2) is 0 Å². The van der Waals surface area contributed by atoms with Gasteiger partial charge in [-0.2, -0.15) is 5.26 Å². The van der Waals surface area contributed by atoms with Gasteiger partial charge < -0.3 is 14.6 Å². The summed E-state index contributed by atoms with van der Waals surface area (Å²) in [5.41, 5.74) is 0. The van der Waals surface area contributed by atoms with Crippen molar-refractivity contribution in [2.24, 2.45) is 0 Å². The second-order valence-electron chi connectivity index (χ2n) is 4.43. The van der Waals surface area contributed by atoms with E-state index in [1.54, 1.807) is 7.11 Å². The molecule has 0 saturated heterocycles. The third-order valence-electron chi connectivity index (χ3n) is 2.42. The van der Waals surface area contributed by atoms with Crippen LogP contribution < -0.4 is 0 Å². The lowest BCUT2D eigenvalue weighted by atomic mass is 10.2. The van der Waals surface area contributed by atoms with Crippen LogP contribution in [0, 0.1) is 11.3 Å². The molecule has 2 atom stereocenters. The molecular formula is C12H24N2O3. The summed E-state index contributed by atoms with van der Waals surface area (Å²) in [5.74, 6) is 0. The van der Waals surface area contributed by atoms with Crippen LogP contribution in [0.25, 0.3) is 0 Å². The Labute approximate surface area is 104 Å². The molecule has 0 saturated carbocycles. The van der Waals surface area contributed by atoms with Gasteiger partial charge in [0.1, 0.15) is 0 Å². The highest BCUT2D eigenvalue weighted by atomic mass is 16.5. The Bertz CT molecular complexity index is 228. The zero-order valence-electron chi connectivity index (χ0n) is 11.2. The van der Waals surface area contributed by atoms with Crippen molar-refractivity contribution in [2.45, 2.75) is 39.0 Å². The molecule has 0 spiro atoms. The van der Waals surface area contributed by atoms with Gasteiger partial charge in [0.05, 0.1) is 38.0 Å². The van der Waals surface area contributed by atoms with Crippen LogP contribution >= 0.6 is 0 Å². The third-order valence-corrected chi connectivity index (χ3v) is 2.42. The SMILES string of the molecule is COCC(C)OCC(O)CN(CC#N)C(C)C. The molecule has 0 radical (unpaired) electrons. The van der Waals surface area contributed by atoms with Crippen molar-refractivity contribution in [1.82, 2.24) is 4.90 Å². The second kappa shape index (κ2) is 9.37. The molecule has 0 rings (SSSR count). The Morgan fingerprint density at radius 1 is 1.29 bits per heavy atom. The van der Waals surface area contributed by atoms with Crippen LogP contribution in [-0.4, -0.2) is 61.7 Å². The van der Waals surface area contributed by atoms with E-state index in [1.807, 2.05) is 25.7 Å². The van der Waals surface area contributed by atoms with Gasteiger partial charge in [-0.05, 0) is 20.8 Å². The zero-order valence-corrected chi connectivity index (χ0v) is 11.2. The van der Waals surface area contributed by atoms with Gasteiger partial charge in [-0.15, -0.1) is 0 Å². The molecule has 100 valence electrons. The summed E-state index contributed by atoms with van der Waals surface area (Å²) in [7, 11) is 1.61. The van der Waals surface area contributed by atoms with Crippen LogP contribution in [0.15, 0.2) is 0 Å². The van der Waals surface area contributed by atoms with E-state index in [-0.39, 0.29) is 18.8 Å². The first kappa shape index (κ1) is 16.3. The second-order valence-corrected chi connectivity index (χ2v) is 4.43. The van der Waals surface area contributed by atoms with Crippen LogP contribution in [0.1, 0.15) is 20.8 Å². The minimum Gasteiger partial charge on any atom is -0.389 e. The highest BCUT2D eigenvalue weighted by molar-refractivity contribution is 4.80. The van der Waals surface area contributed by atoms with Gasteiger partial charge in [0, 0.05) is 19.7 Å². The predicted molar refractivity (Wildman–Crippen MR) is 65.6 cm³/mol. The zero-order chi connectivity index (χ0) is 13.3. The number of ether oxygens (including phenoxy) is 2. The minimum atomic E-state index is -0.579. The van der Waals surface area contributed by atoms with Gasteiger partial charge >= 0.3 is 0 Å². The lowest BCUT2D eigenvalue weighted by Gasteiger charge is -2.26. The molecule has 5 nitrogen and oxygen atoms in total. The molecule has 17 heavy (non-hydrogen) atoms. The first-order chi connectivity index (χ1) is 8.01. The number of nitriles is 1. The summed E-state index contributed by atoms with van der Waals surface area (Å²) in [6.45, 7) is 7.44. The van der Waals surface area contributed by atoms with E-state index >= 15 is 0 Å². The van der Waals surface area contributed by atoms with Crippen molar-refractivity contribution in [3.8, 4) is 6.07 Å². The third kappa shape index (κ3) is 8.11. The molecule has 0 aliphatic carbocycles. The number of nitrogens with zero attached hydrogens (tertiary/aromatic N) is 2. The maximum Gasteiger partial charge on any atom is 0.0900 e. The molecule has 0 aromatic carbocycles. The van der Waals surface area contributed by atoms with Crippen molar-refractivity contribution < 1.29 is 14.6 Å². The van der Waals surface area contributed by atoms with Crippen LogP contribution in [0.5, 0.6) is 0 Å². The molecule has 0 heterocycles. The Balaban J connectivity index is 3.90. The van der Waals surface area contributed by atoms with E-state index < -0.39 is 6.10 Å². The molecule has 2 unspecified atom stereocenters. The standard InChI is InChI=1S/C12H24N2O3/c1-10(2)14(6-5-13)7-12(15)9-17-11(3)8-16-4/h10-12,15H,6-9H2,1-4H3. The van der Waals surface area contributed by atoms with Crippen LogP contribution in [0.3, 0.4) is 0 Å². The Kier molecular flexibility index (Phi) is 9.00. The fourth-order valence-electron chi connectivity index (χ4n) is 1.43. The first-order valence-corrected chi connectivity index (χ1v) is 5.90. The maximum absolute atomic E-state index is 9.80. The number of rotatable bonds is 9. The van der Waals surface area contributed by atoms with Crippen LogP contribution in [0.2, 0.25) is 0 Å². The van der Waals surface area contributed by atoms with E-state index in [2.05, 4.69) is 6.07 Å². The van der Waals surface area contributed by atoms with Crippen molar-refractivity contribution in [3.05, 3.63) is 0 Å². The minimum absolute atomic E-state index is 0.0295. The van der Waals surface area contributed by atoms with E-state index in [9.17, 15) is 5.11 Å². The molecule has 0 aliphatic heterocycles. The van der Waals surface area contributed by atoms with Gasteiger partial charge in [0.2, 0.25) is 0 Å². The summed E-state index contributed by atoms with van der Waals surface area (Å²) >= 11 is 0. The quantitative estimate of drug-likeness (QED) is 0.603. The van der Waals surface area contributed by atoms with Gasteiger partial charge in [-0.1, -0.05) is 0 Å². The summed E-state index contributed by atoms with van der Waals surface area (Å²) in [6, 6.07) is 2.33. The highest BCUT2D eigenvalue weighted by Gasteiger charge is 2.15. The van der Waals surface area contributed by atoms with Crippen molar-refractivity contribution in [2.75, 3.05) is 33.4 Å². The van der Waals surface area contributed by atoms with Crippen molar-refractivity contribution in [1.29, 1.82) is 5.26 Å². The van der Waals surface area contributed by atoms with Crippen molar-refractivity contribution >= 4 is 0 Å². The van der Waals surface area contributed by atoms with Crippen LogP contribution in [-0.2, 0) is 9.47 Å². The smallest absolute Gasteiger partial charge is 0.0900 e. The Morgan fingerprint density at radius 3 is 2.41 bits per heavy atom. The van der Waals surface area contributed by atoms with E-state index in [1.165, 1.54) is 0 Å². The molecule has 1 N–H and O–H groups in total. The average molecular weight is 244 g/mol. The van der Waals surface area contributed by atoms with Crippen LogP contribution in [0.4, 0.5) is 0 Å². The molecule has 0 fully saturated rings. The summed E-state index contributed by atoms with van der Waals surface area (Å²) in [5, 5.41) is 18.5. The largest absolute Gasteiger partial charge is 0.389 e. The maximum atomic E-state index is 9.80. The number of aliphatic hydroxyl groups excluding tert-OH is 1.